The Morgan fingerprint density at radius 3 is 3.00 bits per heavy atom. The molecule has 4 heteroatoms. The smallest absolute Gasteiger partial charge is 0.151 e. The first-order chi connectivity index (χ1) is 8.45. The van der Waals surface area contributed by atoms with Gasteiger partial charge in [0.1, 0.15) is 0 Å². The van der Waals surface area contributed by atoms with E-state index in [0.717, 1.165) is 12.4 Å². The van der Waals surface area contributed by atoms with E-state index < -0.39 is 0 Å². The Labute approximate surface area is 102 Å². The van der Waals surface area contributed by atoms with Crippen molar-refractivity contribution < 1.29 is 0 Å². The van der Waals surface area contributed by atoms with E-state index >= 15 is 0 Å². The van der Waals surface area contributed by atoms with Gasteiger partial charge in [-0.2, -0.15) is 5.10 Å². The maximum Gasteiger partial charge on any atom is 0.151 e. The van der Waals surface area contributed by atoms with Gasteiger partial charge in [0, 0.05) is 24.8 Å². The van der Waals surface area contributed by atoms with Crippen LogP contribution in [-0.2, 0) is 0 Å². The fourth-order valence-corrected chi connectivity index (χ4v) is 3.15. The van der Waals surface area contributed by atoms with Gasteiger partial charge in [-0.3, -0.25) is 0 Å². The highest BCUT2D eigenvalue weighted by atomic mass is 15.3. The highest BCUT2D eigenvalue weighted by Gasteiger charge is 2.32. The molecule has 0 amide bonds. The van der Waals surface area contributed by atoms with E-state index in [-0.39, 0.29) is 0 Å². The summed E-state index contributed by atoms with van der Waals surface area (Å²) >= 11 is 0. The van der Waals surface area contributed by atoms with E-state index in [1.165, 1.54) is 38.6 Å². The van der Waals surface area contributed by atoms with Gasteiger partial charge in [-0.15, -0.1) is 5.10 Å². The average molecular weight is 232 g/mol. The molecule has 1 N–H and O–H groups in total. The summed E-state index contributed by atoms with van der Waals surface area (Å²) in [6.07, 6.45) is 8.28. The van der Waals surface area contributed by atoms with E-state index in [0.29, 0.717) is 12.1 Å². The summed E-state index contributed by atoms with van der Waals surface area (Å²) in [6.45, 7) is 2.30. The summed E-state index contributed by atoms with van der Waals surface area (Å²) in [5, 5.41) is 11.9. The van der Waals surface area contributed by atoms with Crippen LogP contribution in [0.4, 0.5) is 5.82 Å². The van der Waals surface area contributed by atoms with Crippen LogP contribution in [0, 0.1) is 0 Å². The van der Waals surface area contributed by atoms with Crippen molar-refractivity contribution in [2.45, 2.75) is 44.2 Å². The third-order valence-corrected chi connectivity index (χ3v) is 3.96. The Morgan fingerprint density at radius 1 is 1.24 bits per heavy atom. The van der Waals surface area contributed by atoms with Crippen molar-refractivity contribution in [1.29, 1.82) is 0 Å². The molecule has 1 aromatic rings. The maximum absolute atomic E-state index is 4.27. The molecule has 0 aromatic carbocycles. The molecular weight excluding hydrogens is 212 g/mol. The first-order valence-electron chi connectivity index (χ1n) is 6.73. The molecular formula is C13H20N4. The van der Waals surface area contributed by atoms with Crippen LogP contribution in [-0.4, -0.2) is 35.4 Å². The van der Waals surface area contributed by atoms with Gasteiger partial charge in [-0.05, 0) is 50.8 Å². The molecule has 0 radical (unpaired) electrons. The van der Waals surface area contributed by atoms with Crippen molar-refractivity contribution in [3.8, 4) is 0 Å². The maximum atomic E-state index is 4.27. The predicted molar refractivity (Wildman–Crippen MR) is 68.0 cm³/mol. The molecule has 0 bridgehead atoms. The fraction of sp³-hybridized carbons (Fsp3) is 0.692. The van der Waals surface area contributed by atoms with Gasteiger partial charge < -0.3 is 10.2 Å². The zero-order valence-electron chi connectivity index (χ0n) is 10.2. The number of nitrogens with zero attached hydrogens (tertiary/aromatic N) is 3. The van der Waals surface area contributed by atoms with Crippen LogP contribution in [0.3, 0.4) is 0 Å². The molecule has 92 valence electrons. The van der Waals surface area contributed by atoms with Gasteiger partial charge in [-0.1, -0.05) is 0 Å². The second-order valence-electron chi connectivity index (χ2n) is 5.04. The Kier molecular flexibility index (Phi) is 3.22. The van der Waals surface area contributed by atoms with Crippen LogP contribution in [0.25, 0.3) is 0 Å². The minimum absolute atomic E-state index is 0.614. The first kappa shape index (κ1) is 11.0. The summed E-state index contributed by atoms with van der Waals surface area (Å²) < 4.78 is 0. The average Bonchev–Trinajstić information content (AvgIpc) is 2.94. The van der Waals surface area contributed by atoms with Crippen LogP contribution in [0.15, 0.2) is 18.3 Å². The summed E-state index contributed by atoms with van der Waals surface area (Å²) in [5.41, 5.74) is 0. The highest BCUT2D eigenvalue weighted by molar-refractivity contribution is 5.39. The Morgan fingerprint density at radius 2 is 2.24 bits per heavy atom. The first-order valence-corrected chi connectivity index (χ1v) is 6.73. The summed E-state index contributed by atoms with van der Waals surface area (Å²) in [6, 6.07) is 5.33. The molecule has 0 spiro atoms. The second-order valence-corrected chi connectivity index (χ2v) is 5.04. The number of anilines is 1. The Hall–Kier alpha value is -1.16. The monoisotopic (exact) mass is 232 g/mol. The van der Waals surface area contributed by atoms with Crippen molar-refractivity contribution in [3.05, 3.63) is 18.3 Å². The van der Waals surface area contributed by atoms with Crippen molar-refractivity contribution in [1.82, 2.24) is 15.5 Å². The van der Waals surface area contributed by atoms with Gasteiger partial charge in [0.15, 0.2) is 5.82 Å². The molecule has 3 heterocycles. The van der Waals surface area contributed by atoms with Crippen LogP contribution in [0.5, 0.6) is 0 Å². The van der Waals surface area contributed by atoms with Crippen molar-refractivity contribution >= 4 is 5.82 Å². The SMILES string of the molecule is c1cnnc(N2CCCCC2C2CCCN2)c1. The van der Waals surface area contributed by atoms with Crippen LogP contribution in [0.1, 0.15) is 32.1 Å². The minimum atomic E-state index is 0.614. The molecule has 2 aliphatic rings. The van der Waals surface area contributed by atoms with Crippen LogP contribution in [0.2, 0.25) is 0 Å². The largest absolute Gasteiger partial charge is 0.351 e. The molecule has 17 heavy (non-hydrogen) atoms. The van der Waals surface area contributed by atoms with Gasteiger partial charge in [0.2, 0.25) is 0 Å². The Balaban J connectivity index is 1.80. The number of aromatic nitrogens is 2. The van der Waals surface area contributed by atoms with E-state index in [4.69, 9.17) is 0 Å². The zero-order chi connectivity index (χ0) is 11.5. The minimum Gasteiger partial charge on any atom is -0.351 e. The normalized spacial score (nSPS) is 29.5. The molecule has 2 unspecified atom stereocenters. The third kappa shape index (κ3) is 2.27. The van der Waals surface area contributed by atoms with Gasteiger partial charge in [0.05, 0.1) is 0 Å². The number of hydrogen-bond donors (Lipinski definition) is 1. The number of rotatable bonds is 2. The molecule has 0 aliphatic carbocycles. The zero-order valence-corrected chi connectivity index (χ0v) is 10.2. The summed E-state index contributed by atoms with van der Waals surface area (Å²) in [7, 11) is 0. The van der Waals surface area contributed by atoms with Gasteiger partial charge in [-0.25, -0.2) is 0 Å². The molecule has 2 saturated heterocycles. The topological polar surface area (TPSA) is 41.1 Å². The van der Waals surface area contributed by atoms with E-state index in [9.17, 15) is 0 Å². The molecule has 2 atom stereocenters. The van der Waals surface area contributed by atoms with E-state index in [1.54, 1.807) is 6.20 Å². The predicted octanol–water partition coefficient (Wildman–Crippen LogP) is 1.59. The highest BCUT2D eigenvalue weighted by Crippen LogP contribution is 2.27. The van der Waals surface area contributed by atoms with Gasteiger partial charge in [0.25, 0.3) is 0 Å². The number of piperidine rings is 1. The summed E-state index contributed by atoms with van der Waals surface area (Å²) in [5.74, 6) is 1.05. The molecule has 3 rings (SSSR count). The molecule has 1 aromatic heterocycles. The molecule has 2 fully saturated rings. The molecule has 0 saturated carbocycles. The number of hydrogen-bond acceptors (Lipinski definition) is 4. The van der Waals surface area contributed by atoms with Crippen molar-refractivity contribution in [2.75, 3.05) is 18.0 Å². The molecule has 2 aliphatic heterocycles. The van der Waals surface area contributed by atoms with Gasteiger partial charge >= 0.3 is 0 Å². The summed E-state index contributed by atoms with van der Waals surface area (Å²) in [4.78, 5) is 2.46. The lowest BCUT2D eigenvalue weighted by atomic mass is 9.94. The van der Waals surface area contributed by atoms with E-state index in [2.05, 4.69) is 26.5 Å². The number of nitrogens with one attached hydrogen (secondary N) is 1. The Bertz CT molecular complexity index is 348. The van der Waals surface area contributed by atoms with Crippen molar-refractivity contribution in [3.63, 3.8) is 0 Å². The van der Waals surface area contributed by atoms with E-state index in [1.807, 2.05) is 6.07 Å². The standard InChI is InChI=1S/C13H20N4/c1-2-10-17(13-7-4-9-15-16-13)12(6-1)11-5-3-8-14-11/h4,7,9,11-12,14H,1-3,5-6,8,10H2. The van der Waals surface area contributed by atoms with Crippen LogP contribution >= 0.6 is 0 Å². The quantitative estimate of drug-likeness (QED) is 0.840. The lowest BCUT2D eigenvalue weighted by Gasteiger charge is -2.39. The van der Waals surface area contributed by atoms with Crippen molar-refractivity contribution in [2.24, 2.45) is 0 Å². The second kappa shape index (κ2) is 5.00. The lowest BCUT2D eigenvalue weighted by Crippen LogP contribution is -2.50. The van der Waals surface area contributed by atoms with Crippen LogP contribution < -0.4 is 10.2 Å². The fourth-order valence-electron chi connectivity index (χ4n) is 3.15. The molecule has 4 nitrogen and oxygen atoms in total. The lowest BCUT2D eigenvalue weighted by molar-refractivity contribution is 0.375. The third-order valence-electron chi connectivity index (χ3n) is 3.96.